The molecule has 0 aliphatic heterocycles. The molecule has 1 aliphatic rings. The van der Waals surface area contributed by atoms with E-state index in [1.165, 1.54) is 14.2 Å². The second-order valence-electron chi connectivity index (χ2n) is 2.56. The van der Waals surface area contributed by atoms with Crippen molar-refractivity contribution in [1.29, 1.82) is 0 Å². The fraction of sp³-hybridized carbons (Fsp3) is 0.571. The summed E-state index contributed by atoms with van der Waals surface area (Å²) in [5, 5.41) is 0. The molecule has 0 unspecified atom stereocenters. The Bertz CT molecular complexity index is 287. The van der Waals surface area contributed by atoms with Gasteiger partial charge in [-0.15, -0.1) is 0 Å². The molecule has 0 N–H and O–H groups in total. The number of rotatable bonds is 2. The van der Waals surface area contributed by atoms with Crippen LogP contribution in [0.2, 0.25) is 0 Å². The molecule has 0 heterocycles. The van der Waals surface area contributed by atoms with E-state index in [1.807, 2.05) is 0 Å². The van der Waals surface area contributed by atoms with Gasteiger partial charge in [-0.25, -0.2) is 0 Å². The molecule has 0 aromatic heterocycles. The van der Waals surface area contributed by atoms with Crippen LogP contribution >= 0.6 is 19.4 Å². The number of hydrogen-bond donors (Lipinski definition) is 0. The van der Waals surface area contributed by atoms with Gasteiger partial charge in [0.1, 0.15) is 0 Å². The van der Waals surface area contributed by atoms with E-state index in [-0.39, 0.29) is 0 Å². The average Bonchev–Trinajstić information content (AvgIpc) is 2.90. The van der Waals surface area contributed by atoms with Gasteiger partial charge in [-0.3, -0.25) is 0 Å². The van der Waals surface area contributed by atoms with Gasteiger partial charge in [0.2, 0.25) is 0 Å². The minimum atomic E-state index is -2.17. The van der Waals surface area contributed by atoms with Gasteiger partial charge in [0.15, 0.2) is 0 Å². The fourth-order valence-electron chi connectivity index (χ4n) is 1.14. The summed E-state index contributed by atoms with van der Waals surface area (Å²) in [4.78, 5) is 22.3. The molecule has 2 atom stereocenters. The van der Waals surface area contributed by atoms with Crippen molar-refractivity contribution >= 4 is 35.4 Å². The molecule has 0 spiro atoms. The van der Waals surface area contributed by atoms with E-state index in [9.17, 15) is 9.59 Å². The van der Waals surface area contributed by atoms with Gasteiger partial charge in [-0.1, -0.05) is 0 Å². The summed E-state index contributed by atoms with van der Waals surface area (Å²) in [5.74, 6) is -2.12. The molecule has 0 radical (unpaired) electrons. The summed E-state index contributed by atoms with van der Waals surface area (Å²) in [6.07, 6.45) is 0. The van der Waals surface area contributed by atoms with Gasteiger partial charge in [0.05, 0.1) is 0 Å². The van der Waals surface area contributed by atoms with Gasteiger partial charge in [-0.05, 0) is 0 Å². The van der Waals surface area contributed by atoms with Crippen molar-refractivity contribution in [3.05, 3.63) is 0 Å². The van der Waals surface area contributed by atoms with Crippen LogP contribution in [0.5, 0.6) is 0 Å². The van der Waals surface area contributed by atoms with Crippen LogP contribution in [0.15, 0.2) is 0 Å². The van der Waals surface area contributed by atoms with Gasteiger partial charge < -0.3 is 0 Å². The zero-order chi connectivity index (χ0) is 10.9. The first kappa shape index (κ1) is 12.1. The summed E-state index contributed by atoms with van der Waals surface area (Å²) in [5.41, 5.74) is 0. The molecule has 1 aliphatic carbocycles. The summed E-state index contributed by atoms with van der Waals surface area (Å²) in [6.45, 7) is 0. The normalized spacial score (nSPS) is 25.4. The van der Waals surface area contributed by atoms with Crippen LogP contribution in [-0.4, -0.2) is 30.3 Å². The molecule has 0 aromatic rings. The zero-order valence-electron chi connectivity index (χ0n) is 7.40. The van der Waals surface area contributed by atoms with Crippen molar-refractivity contribution in [2.45, 2.75) is 0 Å². The Labute approximate surface area is 94.0 Å². The number of carbonyl (C=O) groups excluding carboxylic acids is 2. The van der Waals surface area contributed by atoms with E-state index in [0.717, 1.165) is 0 Å². The molecule has 82 valence electrons. The monoisotopic (exact) mass is 328 g/mol. The van der Waals surface area contributed by atoms with Crippen molar-refractivity contribution in [3.8, 4) is 0 Å². The van der Waals surface area contributed by atoms with E-state index < -0.39 is 37.3 Å². The maximum absolute atomic E-state index is 11.2. The van der Waals surface area contributed by atoms with Gasteiger partial charge in [0.25, 0.3) is 0 Å². The third-order valence-electron chi connectivity index (χ3n) is 1.87. The first-order valence-corrected chi connectivity index (χ1v) is 8.91. The molecule has 0 bridgehead atoms. The Morgan fingerprint density at radius 1 is 1.14 bits per heavy atom. The molecule has 7 heteroatoms. The summed E-state index contributed by atoms with van der Waals surface area (Å²) in [7, 11) is 14.0. The predicted octanol–water partition coefficient (Wildman–Crippen LogP) is 0.677. The zero-order valence-corrected chi connectivity index (χ0v) is 10.6. The molecule has 0 aromatic carbocycles. The van der Waals surface area contributed by atoms with Crippen molar-refractivity contribution < 1.29 is 32.6 Å². The van der Waals surface area contributed by atoms with Crippen molar-refractivity contribution in [2.24, 2.45) is 11.8 Å². The number of ether oxygens (including phenoxy) is 2. The summed E-state index contributed by atoms with van der Waals surface area (Å²) < 4.78 is 9.63. The van der Waals surface area contributed by atoms with E-state index in [1.54, 1.807) is 0 Å². The number of hydrogen-bond acceptors (Lipinski definition) is 4. The molecule has 1 saturated carbocycles. The molecule has 0 saturated heterocycles. The maximum atomic E-state index is 11.2. The molecule has 0 amide bonds. The van der Waals surface area contributed by atoms with Crippen LogP contribution in [0.3, 0.4) is 0 Å². The first-order chi connectivity index (χ1) is 6.54. The van der Waals surface area contributed by atoms with Crippen LogP contribution in [-0.2, 0) is 32.6 Å². The SMILES string of the molecule is COC(=O)[C@H]1[C](=[Ru]([Cl])[Cl])[C@@H]1C(=O)OC. The Balaban J connectivity index is 2.85. The fourth-order valence-corrected chi connectivity index (χ4v) is 4.77. The molecule has 1 fully saturated rings. The number of methoxy groups -OCH3 is 2. The third kappa shape index (κ3) is 2.15. The van der Waals surface area contributed by atoms with Crippen LogP contribution < -0.4 is 0 Å². The van der Waals surface area contributed by atoms with Gasteiger partial charge in [0, 0.05) is 0 Å². The minimum absolute atomic E-state index is 0.476. The molecule has 4 nitrogen and oxygen atoms in total. The van der Waals surface area contributed by atoms with Crippen molar-refractivity contribution in [3.63, 3.8) is 0 Å². The third-order valence-corrected chi connectivity index (χ3v) is 5.53. The van der Waals surface area contributed by atoms with E-state index in [4.69, 9.17) is 19.4 Å². The van der Waals surface area contributed by atoms with Crippen LogP contribution in [0.1, 0.15) is 0 Å². The Kier molecular flexibility index (Phi) is 4.05. The number of halogens is 2. The summed E-state index contributed by atoms with van der Waals surface area (Å²) in [6, 6.07) is 0. The standard InChI is InChI=1S/C7H8O4.2ClH.Ru/c1-10-6(8)4-3-5(4)7(9)11-2;;;/h4-5H,1-2H3;2*1H;/q;;;+2/p-2/t4-,5-;;;/m0.../s1. The second kappa shape index (κ2) is 4.69. The van der Waals surface area contributed by atoms with Crippen LogP contribution in [0.4, 0.5) is 0 Å². The van der Waals surface area contributed by atoms with Gasteiger partial charge >= 0.3 is 94.1 Å². The quantitative estimate of drug-likeness (QED) is 0.553. The topological polar surface area (TPSA) is 52.6 Å². The van der Waals surface area contributed by atoms with E-state index >= 15 is 0 Å². The molecular formula is C7H8Cl2O4Ru. The van der Waals surface area contributed by atoms with Crippen LogP contribution in [0.25, 0.3) is 0 Å². The predicted molar refractivity (Wildman–Crippen MR) is 47.7 cm³/mol. The molecule has 1 rings (SSSR count). The Morgan fingerprint density at radius 2 is 1.50 bits per heavy atom. The van der Waals surface area contributed by atoms with E-state index in [2.05, 4.69) is 9.47 Å². The van der Waals surface area contributed by atoms with Gasteiger partial charge in [-0.2, -0.15) is 0 Å². The number of carbonyl (C=O) groups is 2. The second-order valence-corrected chi connectivity index (χ2v) is 8.44. The number of esters is 2. The Hall–Kier alpha value is 0.0134. The molecular weight excluding hydrogens is 320 g/mol. The Morgan fingerprint density at radius 3 is 1.71 bits per heavy atom. The van der Waals surface area contributed by atoms with Crippen molar-refractivity contribution in [1.82, 2.24) is 0 Å². The molecule has 14 heavy (non-hydrogen) atoms. The first-order valence-electron chi connectivity index (χ1n) is 3.57. The van der Waals surface area contributed by atoms with E-state index in [0.29, 0.717) is 4.11 Å². The average molecular weight is 328 g/mol. The van der Waals surface area contributed by atoms with Crippen LogP contribution in [0, 0.1) is 11.8 Å². The van der Waals surface area contributed by atoms with Crippen molar-refractivity contribution in [2.75, 3.05) is 14.2 Å². The summed E-state index contributed by atoms with van der Waals surface area (Å²) >= 11 is -2.17.